The molecular formula is C40H42O8. The molecule has 0 fully saturated rings. The van der Waals surface area contributed by atoms with Crippen LogP contribution in [0.15, 0.2) is 72.8 Å². The van der Waals surface area contributed by atoms with Crippen LogP contribution in [0.2, 0.25) is 0 Å². The van der Waals surface area contributed by atoms with Crippen molar-refractivity contribution in [3.63, 3.8) is 0 Å². The minimum absolute atomic E-state index is 0.660. The van der Waals surface area contributed by atoms with Crippen molar-refractivity contribution in [1.29, 1.82) is 0 Å². The van der Waals surface area contributed by atoms with Gasteiger partial charge in [0.2, 0.25) is 0 Å². The molecule has 8 heteroatoms. The van der Waals surface area contributed by atoms with Crippen LogP contribution in [-0.2, 0) is 0 Å². The lowest BCUT2D eigenvalue weighted by atomic mass is 9.77. The van der Waals surface area contributed by atoms with Crippen molar-refractivity contribution in [1.82, 2.24) is 0 Å². The van der Waals surface area contributed by atoms with Gasteiger partial charge in [-0.05, 0) is 95.8 Å². The lowest BCUT2D eigenvalue weighted by Crippen LogP contribution is -2.05. The topological polar surface area (TPSA) is 73.8 Å². The van der Waals surface area contributed by atoms with Gasteiger partial charge in [0, 0.05) is 46.5 Å². The number of benzene rings is 5. The number of hydrogen-bond donors (Lipinski definition) is 0. The van der Waals surface area contributed by atoms with Crippen LogP contribution in [0.5, 0.6) is 46.0 Å². The Morgan fingerprint density at radius 1 is 0.292 bits per heavy atom. The third-order valence-electron chi connectivity index (χ3n) is 8.71. The third-order valence-corrected chi connectivity index (χ3v) is 8.71. The predicted octanol–water partition coefficient (Wildman–Crippen LogP) is 9.04. The van der Waals surface area contributed by atoms with Crippen LogP contribution in [0, 0.1) is 13.8 Å². The zero-order chi connectivity index (χ0) is 34.5. The van der Waals surface area contributed by atoms with Gasteiger partial charge in [0.1, 0.15) is 46.0 Å². The average molecular weight is 651 g/mol. The molecule has 5 rings (SSSR count). The van der Waals surface area contributed by atoms with Crippen LogP contribution >= 0.6 is 0 Å². The Balaban J connectivity index is 2.07. The second kappa shape index (κ2) is 14.5. The second-order valence-electron chi connectivity index (χ2n) is 11.0. The van der Waals surface area contributed by atoms with Crippen molar-refractivity contribution in [2.24, 2.45) is 0 Å². The van der Waals surface area contributed by atoms with E-state index >= 15 is 0 Å². The molecule has 0 heterocycles. The van der Waals surface area contributed by atoms with E-state index in [4.69, 9.17) is 37.9 Å². The van der Waals surface area contributed by atoms with E-state index < -0.39 is 0 Å². The summed E-state index contributed by atoms with van der Waals surface area (Å²) in [5.41, 5.74) is 9.32. The van der Waals surface area contributed by atoms with E-state index in [1.165, 1.54) is 0 Å². The first kappa shape index (κ1) is 33.9. The smallest absolute Gasteiger partial charge is 0.130 e. The summed E-state index contributed by atoms with van der Waals surface area (Å²) in [7, 11) is 13.2. The Morgan fingerprint density at radius 3 is 0.667 bits per heavy atom. The first-order valence-corrected chi connectivity index (χ1v) is 15.4. The largest absolute Gasteiger partial charge is 0.497 e. The molecule has 8 nitrogen and oxygen atoms in total. The Labute approximate surface area is 282 Å². The van der Waals surface area contributed by atoms with Gasteiger partial charge in [-0.1, -0.05) is 0 Å². The highest BCUT2D eigenvalue weighted by Crippen LogP contribution is 2.54. The SMILES string of the molecule is COc1ccc(-c2c(C)c(-c3ccc(OC)cc3OC)c(-c3ccc(OC)cc3OC)c(C)c2-c2ccc(OC)cc2OC)c(OC)c1. The van der Waals surface area contributed by atoms with E-state index in [9.17, 15) is 0 Å². The third kappa shape index (κ3) is 6.01. The van der Waals surface area contributed by atoms with Crippen molar-refractivity contribution in [2.45, 2.75) is 13.8 Å². The first-order chi connectivity index (χ1) is 23.3. The van der Waals surface area contributed by atoms with E-state index in [2.05, 4.69) is 13.8 Å². The molecule has 48 heavy (non-hydrogen) atoms. The van der Waals surface area contributed by atoms with Gasteiger partial charge in [0.15, 0.2) is 0 Å². The summed E-state index contributed by atoms with van der Waals surface area (Å²) >= 11 is 0. The molecular weight excluding hydrogens is 608 g/mol. The lowest BCUT2D eigenvalue weighted by molar-refractivity contribution is 0.394. The summed E-state index contributed by atoms with van der Waals surface area (Å²) in [4.78, 5) is 0. The fraction of sp³-hybridized carbons (Fsp3) is 0.250. The number of methoxy groups -OCH3 is 8. The molecule has 0 atom stereocenters. The molecule has 250 valence electrons. The Morgan fingerprint density at radius 2 is 0.500 bits per heavy atom. The second-order valence-corrected chi connectivity index (χ2v) is 11.0. The Bertz CT molecular complexity index is 1670. The summed E-state index contributed by atoms with van der Waals surface area (Å²) in [5, 5.41) is 0. The first-order valence-electron chi connectivity index (χ1n) is 15.4. The fourth-order valence-corrected chi connectivity index (χ4v) is 6.37. The highest BCUT2D eigenvalue weighted by molar-refractivity contribution is 6.04. The van der Waals surface area contributed by atoms with Crippen LogP contribution in [-0.4, -0.2) is 56.9 Å². The summed E-state index contributed by atoms with van der Waals surface area (Å²) in [5.74, 6) is 5.38. The van der Waals surface area contributed by atoms with Gasteiger partial charge >= 0.3 is 0 Å². The molecule has 0 saturated heterocycles. The molecule has 5 aromatic rings. The minimum atomic E-state index is 0.660. The van der Waals surface area contributed by atoms with Crippen LogP contribution in [0.3, 0.4) is 0 Å². The van der Waals surface area contributed by atoms with Crippen molar-refractivity contribution in [3.8, 4) is 90.5 Å². The van der Waals surface area contributed by atoms with Gasteiger partial charge in [0.25, 0.3) is 0 Å². The van der Waals surface area contributed by atoms with Crippen molar-refractivity contribution < 1.29 is 37.9 Å². The number of rotatable bonds is 12. The molecule has 0 bridgehead atoms. The molecule has 0 radical (unpaired) electrons. The average Bonchev–Trinajstić information content (AvgIpc) is 3.14. The standard InChI is InChI=1S/C40H42O8/c1-23-37(29-15-11-25(41-3)19-33(29)45-7)39(31-17-13-27(43-5)21-35(31)47-9)24(2)40(32-18-14-28(44-6)22-36(32)48-10)38(23)30-16-12-26(42-4)20-34(30)46-8/h11-22H,1-10H3. The van der Waals surface area contributed by atoms with Gasteiger partial charge < -0.3 is 37.9 Å². The summed E-state index contributed by atoms with van der Waals surface area (Å²) in [6, 6.07) is 23.5. The predicted molar refractivity (Wildman–Crippen MR) is 190 cm³/mol. The monoisotopic (exact) mass is 650 g/mol. The van der Waals surface area contributed by atoms with Crippen molar-refractivity contribution >= 4 is 0 Å². The maximum absolute atomic E-state index is 6.01. The molecule has 5 aromatic carbocycles. The van der Waals surface area contributed by atoms with Crippen molar-refractivity contribution in [2.75, 3.05) is 56.9 Å². The highest BCUT2D eigenvalue weighted by Gasteiger charge is 2.29. The molecule has 0 aliphatic heterocycles. The molecule has 0 aliphatic rings. The Hall–Kier alpha value is -5.50. The van der Waals surface area contributed by atoms with Gasteiger partial charge in [-0.25, -0.2) is 0 Å². The molecule has 0 spiro atoms. The summed E-state index contributed by atoms with van der Waals surface area (Å²) in [6.45, 7) is 4.24. The van der Waals surface area contributed by atoms with Crippen LogP contribution < -0.4 is 37.9 Å². The summed E-state index contributed by atoms with van der Waals surface area (Å²) in [6.07, 6.45) is 0. The zero-order valence-electron chi connectivity index (χ0n) is 29.2. The molecule has 0 N–H and O–H groups in total. The van der Waals surface area contributed by atoms with E-state index in [-0.39, 0.29) is 0 Å². The highest BCUT2D eigenvalue weighted by atomic mass is 16.5. The molecule has 0 aromatic heterocycles. The molecule has 0 aliphatic carbocycles. The maximum atomic E-state index is 6.01. The quantitative estimate of drug-likeness (QED) is 0.132. The van der Waals surface area contributed by atoms with E-state index in [0.29, 0.717) is 46.0 Å². The minimum Gasteiger partial charge on any atom is -0.497 e. The Kier molecular flexibility index (Phi) is 10.2. The molecule has 0 unspecified atom stereocenters. The molecule has 0 amide bonds. The van der Waals surface area contributed by atoms with Crippen LogP contribution in [0.1, 0.15) is 11.1 Å². The normalized spacial score (nSPS) is 10.7. The maximum Gasteiger partial charge on any atom is 0.130 e. The van der Waals surface area contributed by atoms with E-state index in [1.807, 2.05) is 72.8 Å². The van der Waals surface area contributed by atoms with Crippen LogP contribution in [0.25, 0.3) is 44.5 Å². The zero-order valence-corrected chi connectivity index (χ0v) is 29.2. The van der Waals surface area contributed by atoms with Gasteiger partial charge in [-0.2, -0.15) is 0 Å². The number of hydrogen-bond acceptors (Lipinski definition) is 8. The van der Waals surface area contributed by atoms with E-state index in [0.717, 1.165) is 55.6 Å². The fourth-order valence-electron chi connectivity index (χ4n) is 6.37. The summed E-state index contributed by atoms with van der Waals surface area (Å²) < 4.78 is 46.4. The van der Waals surface area contributed by atoms with E-state index in [1.54, 1.807) is 56.9 Å². The van der Waals surface area contributed by atoms with Crippen LogP contribution in [0.4, 0.5) is 0 Å². The lowest BCUT2D eigenvalue weighted by Gasteiger charge is -2.28. The van der Waals surface area contributed by atoms with Crippen molar-refractivity contribution in [3.05, 3.63) is 83.9 Å². The molecule has 0 saturated carbocycles. The number of ether oxygens (including phenoxy) is 8. The van der Waals surface area contributed by atoms with Gasteiger partial charge in [-0.15, -0.1) is 0 Å². The van der Waals surface area contributed by atoms with Gasteiger partial charge in [0.05, 0.1) is 56.9 Å². The van der Waals surface area contributed by atoms with Gasteiger partial charge in [-0.3, -0.25) is 0 Å².